The summed E-state index contributed by atoms with van der Waals surface area (Å²) in [6.45, 7) is 3.61. The topological polar surface area (TPSA) is 109 Å². The number of hydrogen-bond acceptors (Lipinski definition) is 4. The Morgan fingerprint density at radius 1 is 1.03 bits per heavy atom. The van der Waals surface area contributed by atoms with Crippen LogP contribution in [0.5, 0.6) is 0 Å². The number of benzene rings is 2. The van der Waals surface area contributed by atoms with Gasteiger partial charge in [-0.25, -0.2) is 4.39 Å². The van der Waals surface area contributed by atoms with E-state index in [1.807, 2.05) is 0 Å². The molecule has 8 heteroatoms. The highest BCUT2D eigenvalue weighted by molar-refractivity contribution is 5.98. The number of carbonyl (C=O) groups excluding carboxylic acids is 2. The number of carbonyl (C=O) groups is 3. The third kappa shape index (κ3) is 7.03. The van der Waals surface area contributed by atoms with Gasteiger partial charge in [0.1, 0.15) is 17.6 Å². The van der Waals surface area contributed by atoms with Crippen molar-refractivity contribution >= 4 is 17.8 Å². The van der Waals surface area contributed by atoms with Gasteiger partial charge in [0.05, 0.1) is 6.26 Å². The van der Waals surface area contributed by atoms with Crippen molar-refractivity contribution in [3.63, 3.8) is 0 Å². The van der Waals surface area contributed by atoms with Gasteiger partial charge in [-0.1, -0.05) is 24.3 Å². The Morgan fingerprint density at radius 3 is 2.29 bits per heavy atom. The molecule has 0 fully saturated rings. The Hall–Kier alpha value is -3.94. The Bertz CT molecular complexity index is 1120. The number of nitrogens with one attached hydrogen (secondary N) is 2. The minimum atomic E-state index is -1.07. The van der Waals surface area contributed by atoms with Gasteiger partial charge >= 0.3 is 5.97 Å². The van der Waals surface area contributed by atoms with Gasteiger partial charge in [-0.05, 0) is 68.7 Å². The fraction of sp³-hybridized carbons (Fsp3) is 0.269. The first-order valence-electron chi connectivity index (χ1n) is 10.9. The molecule has 2 amide bonds. The van der Waals surface area contributed by atoms with Crippen LogP contribution in [0.2, 0.25) is 0 Å². The van der Waals surface area contributed by atoms with Crippen LogP contribution in [0, 0.1) is 5.82 Å². The number of carboxylic acids is 1. The van der Waals surface area contributed by atoms with Gasteiger partial charge in [-0.3, -0.25) is 14.4 Å². The molecule has 0 unspecified atom stereocenters. The molecule has 34 heavy (non-hydrogen) atoms. The first kappa shape index (κ1) is 24.7. The van der Waals surface area contributed by atoms with E-state index in [9.17, 15) is 18.8 Å². The van der Waals surface area contributed by atoms with Crippen LogP contribution < -0.4 is 10.6 Å². The second kappa shape index (κ2) is 10.8. The second-order valence-electron chi connectivity index (χ2n) is 8.69. The summed E-state index contributed by atoms with van der Waals surface area (Å²) in [5.74, 6) is -1.74. The molecule has 3 aromatic rings. The first-order valence-corrected chi connectivity index (χ1v) is 10.9. The van der Waals surface area contributed by atoms with Gasteiger partial charge in [0.15, 0.2) is 0 Å². The zero-order valence-corrected chi connectivity index (χ0v) is 19.0. The second-order valence-corrected chi connectivity index (χ2v) is 8.69. The van der Waals surface area contributed by atoms with Crippen molar-refractivity contribution in [1.29, 1.82) is 0 Å². The lowest BCUT2D eigenvalue weighted by atomic mass is 9.94. The predicted molar refractivity (Wildman–Crippen MR) is 125 cm³/mol. The molecule has 3 N–H and O–H groups in total. The number of furan rings is 1. The average molecular weight is 467 g/mol. The minimum absolute atomic E-state index is 0.0655. The summed E-state index contributed by atoms with van der Waals surface area (Å²) in [4.78, 5) is 36.9. The summed E-state index contributed by atoms with van der Waals surface area (Å²) < 4.78 is 18.5. The van der Waals surface area contributed by atoms with Crippen LogP contribution in [0.3, 0.4) is 0 Å². The number of halogens is 1. The quantitative estimate of drug-likeness (QED) is 0.415. The molecule has 0 aliphatic heterocycles. The van der Waals surface area contributed by atoms with E-state index in [1.54, 1.807) is 68.6 Å². The van der Waals surface area contributed by atoms with Gasteiger partial charge in [0.2, 0.25) is 5.91 Å². The van der Waals surface area contributed by atoms with E-state index in [-0.39, 0.29) is 18.7 Å². The van der Waals surface area contributed by atoms with Crippen LogP contribution in [0.15, 0.2) is 71.3 Å². The van der Waals surface area contributed by atoms with Crippen LogP contribution in [-0.2, 0) is 16.0 Å². The smallest absolute Gasteiger partial charge is 0.303 e. The van der Waals surface area contributed by atoms with Crippen LogP contribution >= 0.6 is 0 Å². The molecular weight excluding hydrogens is 439 g/mol. The molecule has 1 heterocycles. The van der Waals surface area contributed by atoms with Crippen molar-refractivity contribution in [2.75, 3.05) is 0 Å². The minimum Gasteiger partial charge on any atom is -0.481 e. The van der Waals surface area contributed by atoms with Gasteiger partial charge in [0, 0.05) is 23.1 Å². The normalized spacial score (nSPS) is 12.1. The highest BCUT2D eigenvalue weighted by atomic mass is 19.1. The molecule has 3 rings (SSSR count). The molecule has 0 saturated heterocycles. The molecule has 2 aromatic carbocycles. The first-order chi connectivity index (χ1) is 16.1. The summed E-state index contributed by atoms with van der Waals surface area (Å²) >= 11 is 0. The summed E-state index contributed by atoms with van der Waals surface area (Å²) in [5.41, 5.74) is 1.24. The molecule has 7 nitrogen and oxygen atoms in total. The van der Waals surface area contributed by atoms with Crippen LogP contribution in [-0.4, -0.2) is 34.5 Å². The molecule has 0 radical (unpaired) electrons. The van der Waals surface area contributed by atoms with Crippen molar-refractivity contribution in [2.24, 2.45) is 0 Å². The van der Waals surface area contributed by atoms with E-state index >= 15 is 0 Å². The van der Waals surface area contributed by atoms with Gasteiger partial charge in [-0.15, -0.1) is 0 Å². The number of carboxylic acid groups (broad SMARTS) is 1. The summed E-state index contributed by atoms with van der Waals surface area (Å²) in [7, 11) is 0. The maximum Gasteiger partial charge on any atom is 0.303 e. The average Bonchev–Trinajstić information content (AvgIpc) is 3.32. The highest BCUT2D eigenvalue weighted by Gasteiger charge is 2.28. The largest absolute Gasteiger partial charge is 0.481 e. The molecule has 0 bridgehead atoms. The van der Waals surface area contributed by atoms with Crippen molar-refractivity contribution in [3.05, 3.63) is 83.9 Å². The van der Waals surface area contributed by atoms with Gasteiger partial charge in [0.25, 0.3) is 5.91 Å². The predicted octanol–water partition coefficient (Wildman–Crippen LogP) is 4.19. The summed E-state index contributed by atoms with van der Waals surface area (Å²) in [5, 5.41) is 14.6. The van der Waals surface area contributed by atoms with E-state index in [1.165, 1.54) is 12.1 Å². The fourth-order valence-corrected chi connectivity index (χ4v) is 3.58. The van der Waals surface area contributed by atoms with Gasteiger partial charge < -0.3 is 20.2 Å². The molecule has 0 aliphatic rings. The SMILES string of the molecule is CC(C)(Cc1ccc(F)cc1)NC(=O)[C@H](CCC(=O)O)NC(=O)c1ccc(-c2ccco2)cc1. The fourth-order valence-electron chi connectivity index (χ4n) is 3.58. The maximum absolute atomic E-state index is 13.2. The Labute approximate surface area is 197 Å². The molecule has 178 valence electrons. The van der Waals surface area contributed by atoms with Crippen molar-refractivity contribution < 1.29 is 28.3 Å². The third-order valence-electron chi connectivity index (χ3n) is 5.24. The van der Waals surface area contributed by atoms with E-state index < -0.39 is 29.4 Å². The molecular formula is C26H27FN2O5. The van der Waals surface area contributed by atoms with Gasteiger partial charge in [-0.2, -0.15) is 0 Å². The Kier molecular flexibility index (Phi) is 7.83. The molecule has 1 atom stereocenters. The lowest BCUT2D eigenvalue weighted by Crippen LogP contribution is -2.54. The van der Waals surface area contributed by atoms with Crippen LogP contribution in [0.1, 0.15) is 42.6 Å². The van der Waals surface area contributed by atoms with Crippen molar-refractivity contribution in [1.82, 2.24) is 10.6 Å². The number of aliphatic carboxylic acids is 1. The zero-order valence-electron chi connectivity index (χ0n) is 19.0. The lowest BCUT2D eigenvalue weighted by Gasteiger charge is -2.29. The van der Waals surface area contributed by atoms with E-state index in [0.29, 0.717) is 17.7 Å². The molecule has 0 saturated carbocycles. The van der Waals surface area contributed by atoms with Crippen LogP contribution in [0.4, 0.5) is 4.39 Å². The lowest BCUT2D eigenvalue weighted by molar-refractivity contribution is -0.137. The van der Waals surface area contributed by atoms with E-state index in [0.717, 1.165) is 11.1 Å². The van der Waals surface area contributed by atoms with E-state index in [2.05, 4.69) is 10.6 Å². The molecule has 0 spiro atoms. The standard InChI is InChI=1S/C26H27FN2O5/c1-26(2,16-17-5-11-20(27)12-6-17)29-25(33)21(13-14-23(30)31)28-24(32)19-9-7-18(8-10-19)22-4-3-15-34-22/h3-12,15,21H,13-14,16H2,1-2H3,(H,28,32)(H,29,33)(H,30,31)/t21-/m0/s1. The van der Waals surface area contributed by atoms with E-state index in [4.69, 9.17) is 9.52 Å². The highest BCUT2D eigenvalue weighted by Crippen LogP contribution is 2.20. The van der Waals surface area contributed by atoms with Crippen molar-refractivity contribution in [2.45, 2.75) is 44.7 Å². The summed E-state index contributed by atoms with van der Waals surface area (Å²) in [6.07, 6.45) is 1.63. The zero-order chi connectivity index (χ0) is 24.7. The Balaban J connectivity index is 1.68. The van der Waals surface area contributed by atoms with Crippen LogP contribution in [0.25, 0.3) is 11.3 Å². The number of rotatable bonds is 10. The monoisotopic (exact) mass is 466 g/mol. The van der Waals surface area contributed by atoms with Crippen molar-refractivity contribution in [3.8, 4) is 11.3 Å². The molecule has 1 aromatic heterocycles. The number of amides is 2. The summed E-state index contributed by atoms with van der Waals surface area (Å²) in [6, 6.07) is 15.2. The molecule has 0 aliphatic carbocycles. The third-order valence-corrected chi connectivity index (χ3v) is 5.24. The number of hydrogen-bond donors (Lipinski definition) is 3. The Morgan fingerprint density at radius 2 is 1.71 bits per heavy atom. The maximum atomic E-state index is 13.2.